The molecule has 0 saturated carbocycles. The van der Waals surface area contributed by atoms with E-state index in [4.69, 9.17) is 14.4 Å². The van der Waals surface area contributed by atoms with Crippen LogP contribution >= 0.6 is 0 Å². The zero-order chi connectivity index (χ0) is 12.1. The van der Waals surface area contributed by atoms with Gasteiger partial charge in [-0.15, -0.1) is 0 Å². The highest BCUT2D eigenvalue weighted by Crippen LogP contribution is 2.05. The lowest BCUT2D eigenvalue weighted by Crippen LogP contribution is -2.40. The third kappa shape index (κ3) is 3.47. The number of hydrogen-bond acceptors (Lipinski definition) is 4. The largest absolute Gasteiger partial charge is 0.506 e. The van der Waals surface area contributed by atoms with Crippen molar-refractivity contribution in [3.8, 4) is 0 Å². The van der Waals surface area contributed by atoms with E-state index in [1.807, 2.05) is 12.1 Å². The van der Waals surface area contributed by atoms with Crippen LogP contribution in [0.25, 0.3) is 0 Å². The fraction of sp³-hybridized carbons (Fsp3) is 0.364. The number of rotatable bonds is 3. The van der Waals surface area contributed by atoms with Gasteiger partial charge in [-0.1, -0.05) is 24.3 Å². The summed E-state index contributed by atoms with van der Waals surface area (Å²) in [5, 5.41) is 8.37. The van der Waals surface area contributed by atoms with Crippen LogP contribution in [0.4, 0.5) is 4.79 Å². The average Bonchev–Trinajstić information content (AvgIpc) is 2.38. The van der Waals surface area contributed by atoms with Gasteiger partial charge in [-0.3, -0.25) is 0 Å². The van der Waals surface area contributed by atoms with E-state index in [0.29, 0.717) is 13.2 Å². The molecule has 0 amide bonds. The number of hydrogen-bond donors (Lipinski definition) is 1. The Morgan fingerprint density at radius 3 is 2.53 bits per heavy atom. The van der Waals surface area contributed by atoms with Gasteiger partial charge in [0.25, 0.3) is 0 Å². The van der Waals surface area contributed by atoms with Gasteiger partial charge in [-0.2, -0.15) is 0 Å². The summed E-state index contributed by atoms with van der Waals surface area (Å²) in [4.78, 5) is 10.2. The highest BCUT2D eigenvalue weighted by molar-refractivity contribution is 6.61. The average molecular weight is 236 g/mol. The highest BCUT2D eigenvalue weighted by atomic mass is 16.7. The second-order valence-electron chi connectivity index (χ2n) is 3.72. The number of ether oxygens (including phenoxy) is 1. The van der Waals surface area contributed by atoms with Gasteiger partial charge in [0.1, 0.15) is 6.61 Å². The molecule has 1 aromatic carbocycles. The Morgan fingerprint density at radius 1 is 1.29 bits per heavy atom. The third-order valence-corrected chi connectivity index (χ3v) is 2.44. The Balaban J connectivity index is 1.94. The first-order chi connectivity index (χ1) is 8.25. The molecule has 90 valence electrons. The molecule has 2 rings (SSSR count). The van der Waals surface area contributed by atoms with Gasteiger partial charge in [-0.25, -0.2) is 4.79 Å². The standard InChI is InChI=1S/C11H13BO5/c13-11(14)15-8-9-2-4-10(5-3-9)12-16-6-1-7-17-12/h2-5H,1,6-8H2,(H,13,14). The molecule has 0 spiro atoms. The van der Waals surface area contributed by atoms with Crippen molar-refractivity contribution >= 4 is 18.7 Å². The van der Waals surface area contributed by atoms with Crippen molar-refractivity contribution in [3.63, 3.8) is 0 Å². The molecule has 1 aromatic rings. The molecule has 1 heterocycles. The van der Waals surface area contributed by atoms with E-state index in [2.05, 4.69) is 4.74 Å². The molecule has 1 aliphatic rings. The molecule has 0 bridgehead atoms. The molecule has 1 N–H and O–H groups in total. The molecule has 0 aliphatic carbocycles. The molecule has 1 fully saturated rings. The fourth-order valence-electron chi connectivity index (χ4n) is 1.60. The summed E-state index contributed by atoms with van der Waals surface area (Å²) in [5.74, 6) is 0. The van der Waals surface area contributed by atoms with Crippen molar-refractivity contribution < 1.29 is 23.9 Å². The number of carboxylic acid groups (broad SMARTS) is 1. The van der Waals surface area contributed by atoms with Crippen molar-refractivity contribution in [2.75, 3.05) is 13.2 Å². The smallest absolute Gasteiger partial charge is 0.450 e. The fourth-order valence-corrected chi connectivity index (χ4v) is 1.60. The summed E-state index contributed by atoms with van der Waals surface area (Å²) in [6.45, 7) is 1.46. The van der Waals surface area contributed by atoms with E-state index in [-0.39, 0.29) is 13.7 Å². The van der Waals surface area contributed by atoms with Gasteiger partial charge in [0.05, 0.1) is 0 Å². The summed E-state index contributed by atoms with van der Waals surface area (Å²) >= 11 is 0. The predicted molar refractivity (Wildman–Crippen MR) is 61.2 cm³/mol. The van der Waals surface area contributed by atoms with E-state index in [1.165, 1.54) is 0 Å². The number of carbonyl (C=O) groups is 1. The quantitative estimate of drug-likeness (QED) is 0.626. The Morgan fingerprint density at radius 2 is 1.94 bits per heavy atom. The maximum absolute atomic E-state index is 10.2. The summed E-state index contributed by atoms with van der Waals surface area (Å²) in [7, 11) is -0.307. The maximum atomic E-state index is 10.2. The van der Waals surface area contributed by atoms with Crippen molar-refractivity contribution in [1.82, 2.24) is 0 Å². The minimum atomic E-state index is -1.27. The van der Waals surface area contributed by atoms with Gasteiger partial charge in [0, 0.05) is 13.2 Å². The molecular formula is C11H13BO5. The second-order valence-corrected chi connectivity index (χ2v) is 3.72. The first-order valence-electron chi connectivity index (χ1n) is 5.43. The summed E-state index contributed by atoms with van der Waals surface area (Å²) in [5.41, 5.74) is 1.73. The normalized spacial score (nSPS) is 15.6. The number of benzene rings is 1. The lowest BCUT2D eigenvalue weighted by atomic mass is 9.78. The molecule has 0 aromatic heterocycles. The van der Waals surface area contributed by atoms with Crippen LogP contribution in [0.3, 0.4) is 0 Å². The van der Waals surface area contributed by atoms with Crippen LogP contribution in [0.1, 0.15) is 12.0 Å². The van der Waals surface area contributed by atoms with Gasteiger partial charge in [0.15, 0.2) is 0 Å². The zero-order valence-corrected chi connectivity index (χ0v) is 9.30. The predicted octanol–water partition coefficient (Wildman–Crippen LogP) is 1.01. The van der Waals surface area contributed by atoms with Crippen molar-refractivity contribution in [1.29, 1.82) is 0 Å². The first kappa shape index (κ1) is 11.9. The van der Waals surface area contributed by atoms with E-state index < -0.39 is 6.16 Å². The Kier molecular flexibility index (Phi) is 4.00. The molecule has 1 saturated heterocycles. The lowest BCUT2D eigenvalue weighted by molar-refractivity contribution is 0.0853. The Labute approximate surface area is 99.4 Å². The Hall–Kier alpha value is -1.53. The van der Waals surface area contributed by atoms with Crippen molar-refractivity contribution in [3.05, 3.63) is 29.8 Å². The molecule has 17 heavy (non-hydrogen) atoms. The van der Waals surface area contributed by atoms with Gasteiger partial charge >= 0.3 is 13.3 Å². The van der Waals surface area contributed by atoms with Crippen LogP contribution in [0.2, 0.25) is 0 Å². The van der Waals surface area contributed by atoms with Crippen LogP contribution < -0.4 is 5.46 Å². The summed E-state index contributed by atoms with van der Waals surface area (Å²) in [6.07, 6.45) is -0.353. The lowest BCUT2D eigenvalue weighted by Gasteiger charge is -2.19. The molecule has 5 nitrogen and oxygen atoms in total. The SMILES string of the molecule is O=C(O)OCc1ccc(B2OCCCO2)cc1. The van der Waals surface area contributed by atoms with Gasteiger partial charge in [0.2, 0.25) is 0 Å². The first-order valence-corrected chi connectivity index (χ1v) is 5.43. The van der Waals surface area contributed by atoms with Crippen molar-refractivity contribution in [2.45, 2.75) is 13.0 Å². The van der Waals surface area contributed by atoms with Crippen LogP contribution in [0, 0.1) is 0 Å². The molecule has 0 radical (unpaired) electrons. The third-order valence-electron chi connectivity index (χ3n) is 2.44. The molecular weight excluding hydrogens is 223 g/mol. The summed E-state index contributed by atoms with van der Waals surface area (Å²) in [6, 6.07) is 7.33. The monoisotopic (exact) mass is 236 g/mol. The topological polar surface area (TPSA) is 65.0 Å². The van der Waals surface area contributed by atoms with E-state index in [1.54, 1.807) is 12.1 Å². The zero-order valence-electron chi connectivity index (χ0n) is 9.30. The van der Waals surface area contributed by atoms with Gasteiger partial charge < -0.3 is 19.2 Å². The van der Waals surface area contributed by atoms with Gasteiger partial charge in [-0.05, 0) is 17.4 Å². The minimum Gasteiger partial charge on any atom is -0.450 e. The molecule has 6 heteroatoms. The minimum absolute atomic E-state index is 0.0575. The van der Waals surface area contributed by atoms with Crippen molar-refractivity contribution in [2.24, 2.45) is 0 Å². The Bertz CT molecular complexity index is 372. The summed E-state index contributed by atoms with van der Waals surface area (Å²) < 4.78 is 15.4. The second kappa shape index (κ2) is 5.70. The van der Waals surface area contributed by atoms with E-state index in [0.717, 1.165) is 17.4 Å². The van der Waals surface area contributed by atoms with E-state index in [9.17, 15) is 4.79 Å². The van der Waals surface area contributed by atoms with Crippen LogP contribution in [0.5, 0.6) is 0 Å². The van der Waals surface area contributed by atoms with Crippen LogP contribution in [-0.4, -0.2) is 31.6 Å². The van der Waals surface area contributed by atoms with E-state index >= 15 is 0 Å². The molecule has 1 aliphatic heterocycles. The van der Waals surface area contributed by atoms with Crippen LogP contribution in [0.15, 0.2) is 24.3 Å². The molecule has 0 atom stereocenters. The molecule has 0 unspecified atom stereocenters. The highest BCUT2D eigenvalue weighted by Gasteiger charge is 2.23. The van der Waals surface area contributed by atoms with Crippen LogP contribution in [-0.2, 0) is 20.7 Å². The maximum Gasteiger partial charge on any atom is 0.506 e.